The normalized spacial score (nSPS) is 16.8. The van der Waals surface area contributed by atoms with Gasteiger partial charge in [0.25, 0.3) is 0 Å². The average Bonchev–Trinajstić information content (AvgIpc) is 2.90. The van der Waals surface area contributed by atoms with Crippen molar-refractivity contribution in [3.63, 3.8) is 0 Å². The summed E-state index contributed by atoms with van der Waals surface area (Å²) in [7, 11) is 2.18. The van der Waals surface area contributed by atoms with Gasteiger partial charge in [-0.1, -0.05) is 0 Å². The second-order valence-corrected chi connectivity index (χ2v) is 5.16. The Hall–Kier alpha value is -1.94. The van der Waals surface area contributed by atoms with Crippen molar-refractivity contribution in [1.82, 2.24) is 9.47 Å². The SMILES string of the molecule is CN1CCN(c2ccn(-c3ccc(N)cc3)c2)CC1. The van der Waals surface area contributed by atoms with Crippen LogP contribution in [0.1, 0.15) is 0 Å². The molecule has 2 aromatic rings. The number of hydrogen-bond acceptors (Lipinski definition) is 3. The van der Waals surface area contributed by atoms with E-state index in [2.05, 4.69) is 39.9 Å². The van der Waals surface area contributed by atoms with Gasteiger partial charge in [-0.3, -0.25) is 0 Å². The van der Waals surface area contributed by atoms with Gasteiger partial charge in [-0.25, -0.2) is 0 Å². The highest BCUT2D eigenvalue weighted by atomic mass is 15.3. The predicted octanol–water partition coefficient (Wildman–Crippen LogP) is 1.81. The Morgan fingerprint density at radius 3 is 2.26 bits per heavy atom. The van der Waals surface area contributed by atoms with E-state index >= 15 is 0 Å². The van der Waals surface area contributed by atoms with E-state index in [-0.39, 0.29) is 0 Å². The number of nitrogen functional groups attached to an aromatic ring is 1. The van der Waals surface area contributed by atoms with Crippen LogP contribution in [0, 0.1) is 0 Å². The molecule has 100 valence electrons. The van der Waals surface area contributed by atoms with E-state index in [9.17, 15) is 0 Å². The topological polar surface area (TPSA) is 37.4 Å². The minimum Gasteiger partial charge on any atom is -0.399 e. The summed E-state index contributed by atoms with van der Waals surface area (Å²) < 4.78 is 2.15. The van der Waals surface area contributed by atoms with Crippen LogP contribution in [0.2, 0.25) is 0 Å². The number of hydrogen-bond donors (Lipinski definition) is 1. The van der Waals surface area contributed by atoms with Gasteiger partial charge < -0.3 is 20.1 Å². The fourth-order valence-corrected chi connectivity index (χ4v) is 2.44. The van der Waals surface area contributed by atoms with Gasteiger partial charge in [-0.2, -0.15) is 0 Å². The van der Waals surface area contributed by atoms with E-state index in [1.165, 1.54) is 5.69 Å². The van der Waals surface area contributed by atoms with Crippen molar-refractivity contribution in [2.24, 2.45) is 0 Å². The van der Waals surface area contributed by atoms with Crippen molar-refractivity contribution >= 4 is 11.4 Å². The first kappa shape index (κ1) is 12.1. The van der Waals surface area contributed by atoms with Gasteiger partial charge in [-0.15, -0.1) is 0 Å². The smallest absolute Gasteiger partial charge is 0.0550 e. The third-order valence-corrected chi connectivity index (χ3v) is 3.74. The minimum atomic E-state index is 0.801. The fraction of sp³-hybridized carbons (Fsp3) is 0.333. The molecule has 1 fully saturated rings. The highest BCUT2D eigenvalue weighted by Crippen LogP contribution is 2.20. The molecule has 1 aliphatic rings. The maximum atomic E-state index is 5.72. The Morgan fingerprint density at radius 2 is 1.58 bits per heavy atom. The van der Waals surface area contributed by atoms with Crippen molar-refractivity contribution < 1.29 is 0 Å². The Labute approximate surface area is 114 Å². The fourth-order valence-electron chi connectivity index (χ4n) is 2.44. The summed E-state index contributed by atoms with van der Waals surface area (Å²) in [6.45, 7) is 4.46. The molecule has 0 saturated carbocycles. The van der Waals surface area contributed by atoms with Crippen LogP contribution in [0.25, 0.3) is 5.69 Å². The van der Waals surface area contributed by atoms with Crippen molar-refractivity contribution in [3.05, 3.63) is 42.7 Å². The van der Waals surface area contributed by atoms with E-state index in [0.29, 0.717) is 0 Å². The molecule has 0 atom stereocenters. The molecule has 0 radical (unpaired) electrons. The number of piperazine rings is 1. The molecular formula is C15H20N4. The summed E-state index contributed by atoms with van der Waals surface area (Å²) >= 11 is 0. The molecule has 3 rings (SSSR count). The van der Waals surface area contributed by atoms with E-state index in [1.807, 2.05) is 24.3 Å². The molecule has 1 saturated heterocycles. The van der Waals surface area contributed by atoms with Crippen LogP contribution in [0.4, 0.5) is 11.4 Å². The molecule has 0 bridgehead atoms. The molecule has 1 aromatic carbocycles. The Bertz CT molecular complexity index is 536. The Kier molecular flexibility index (Phi) is 3.17. The maximum Gasteiger partial charge on any atom is 0.0550 e. The first-order valence-electron chi connectivity index (χ1n) is 6.70. The molecule has 2 N–H and O–H groups in total. The predicted molar refractivity (Wildman–Crippen MR) is 79.9 cm³/mol. The van der Waals surface area contributed by atoms with Crippen LogP contribution in [0.3, 0.4) is 0 Å². The summed E-state index contributed by atoms with van der Waals surface area (Å²) in [6, 6.07) is 10.1. The number of nitrogens with zero attached hydrogens (tertiary/aromatic N) is 3. The lowest BCUT2D eigenvalue weighted by atomic mass is 10.3. The van der Waals surface area contributed by atoms with Crippen LogP contribution in [0.15, 0.2) is 42.7 Å². The van der Waals surface area contributed by atoms with Gasteiger partial charge in [0.2, 0.25) is 0 Å². The maximum absolute atomic E-state index is 5.72. The van der Waals surface area contributed by atoms with Crippen LogP contribution >= 0.6 is 0 Å². The molecular weight excluding hydrogens is 236 g/mol. The lowest BCUT2D eigenvalue weighted by molar-refractivity contribution is 0.313. The highest BCUT2D eigenvalue weighted by molar-refractivity contribution is 5.51. The molecule has 1 aromatic heterocycles. The van der Waals surface area contributed by atoms with Gasteiger partial charge in [0, 0.05) is 49.9 Å². The van der Waals surface area contributed by atoms with Crippen molar-refractivity contribution in [1.29, 1.82) is 0 Å². The van der Waals surface area contributed by atoms with E-state index < -0.39 is 0 Å². The third kappa shape index (κ3) is 2.58. The first-order valence-corrected chi connectivity index (χ1v) is 6.70. The first-order chi connectivity index (χ1) is 9.22. The molecule has 4 nitrogen and oxygen atoms in total. The van der Waals surface area contributed by atoms with Crippen LogP contribution in [0.5, 0.6) is 0 Å². The number of aromatic nitrogens is 1. The van der Waals surface area contributed by atoms with Crippen molar-refractivity contribution in [2.75, 3.05) is 43.9 Å². The highest BCUT2D eigenvalue weighted by Gasteiger charge is 2.15. The molecule has 4 heteroatoms. The molecule has 1 aliphatic heterocycles. The van der Waals surface area contributed by atoms with Crippen molar-refractivity contribution in [3.8, 4) is 5.69 Å². The second kappa shape index (κ2) is 4.97. The standard InChI is InChI=1S/C15H20N4/c1-17-8-10-18(11-9-17)15-6-7-19(12-15)14-4-2-13(16)3-5-14/h2-7,12H,8-11,16H2,1H3. The quantitative estimate of drug-likeness (QED) is 0.833. The van der Waals surface area contributed by atoms with Gasteiger partial charge in [0.05, 0.1) is 5.69 Å². The zero-order valence-corrected chi connectivity index (χ0v) is 11.3. The Morgan fingerprint density at radius 1 is 0.895 bits per heavy atom. The van der Waals surface area contributed by atoms with E-state index in [4.69, 9.17) is 5.73 Å². The molecule has 0 spiro atoms. The summed E-state index contributed by atoms with van der Waals surface area (Å²) in [5.74, 6) is 0. The van der Waals surface area contributed by atoms with Gasteiger partial charge >= 0.3 is 0 Å². The van der Waals surface area contributed by atoms with Gasteiger partial charge in [0.15, 0.2) is 0 Å². The largest absolute Gasteiger partial charge is 0.399 e. The Balaban J connectivity index is 1.77. The molecule has 0 aliphatic carbocycles. The number of nitrogens with two attached hydrogens (primary N) is 1. The minimum absolute atomic E-state index is 0.801. The molecule has 0 amide bonds. The lowest BCUT2D eigenvalue weighted by Crippen LogP contribution is -2.44. The zero-order chi connectivity index (χ0) is 13.2. The van der Waals surface area contributed by atoms with Crippen LogP contribution in [-0.4, -0.2) is 42.7 Å². The molecule has 0 unspecified atom stereocenters. The summed E-state index contributed by atoms with van der Waals surface area (Å²) in [5.41, 5.74) is 8.96. The summed E-state index contributed by atoms with van der Waals surface area (Å²) in [4.78, 5) is 4.81. The summed E-state index contributed by atoms with van der Waals surface area (Å²) in [6.07, 6.45) is 4.30. The van der Waals surface area contributed by atoms with Gasteiger partial charge in [0.1, 0.15) is 0 Å². The number of likely N-dealkylation sites (N-methyl/N-ethyl adjacent to an activating group) is 1. The molecule has 19 heavy (non-hydrogen) atoms. The van der Waals surface area contributed by atoms with Gasteiger partial charge in [-0.05, 0) is 37.4 Å². The van der Waals surface area contributed by atoms with Crippen molar-refractivity contribution in [2.45, 2.75) is 0 Å². The third-order valence-electron chi connectivity index (χ3n) is 3.74. The van der Waals surface area contributed by atoms with E-state index in [1.54, 1.807) is 0 Å². The number of anilines is 2. The van der Waals surface area contributed by atoms with Crippen LogP contribution < -0.4 is 10.6 Å². The average molecular weight is 256 g/mol. The monoisotopic (exact) mass is 256 g/mol. The zero-order valence-electron chi connectivity index (χ0n) is 11.3. The second-order valence-electron chi connectivity index (χ2n) is 5.16. The number of benzene rings is 1. The lowest BCUT2D eigenvalue weighted by Gasteiger charge is -2.33. The number of rotatable bonds is 2. The molecule has 2 heterocycles. The van der Waals surface area contributed by atoms with E-state index in [0.717, 1.165) is 37.6 Å². The summed E-state index contributed by atoms with van der Waals surface area (Å²) in [5, 5.41) is 0. The van der Waals surface area contributed by atoms with Crippen LogP contribution in [-0.2, 0) is 0 Å².